The van der Waals surface area contributed by atoms with Crippen molar-refractivity contribution in [1.82, 2.24) is 9.29 Å². The number of hydrogen-bond donors (Lipinski definition) is 2. The molecule has 0 unspecified atom stereocenters. The van der Waals surface area contributed by atoms with Gasteiger partial charge < -0.3 is 24.0 Å². The van der Waals surface area contributed by atoms with Gasteiger partial charge in [-0.2, -0.15) is 0 Å². The molecule has 0 spiro atoms. The Balaban J connectivity index is 0.000000161. The standard InChI is InChI=1S/C14H11FN2O2S.C12H9NO5S2/c1-16-14-17-11(8-20-14)12-6-7-13(19-12)18-10-4-2-9(15)3-5-10;1-13-7(6-14)11(15)12-10(20(13,16)17)5-9(19-12)8-3-2-4-18-8/h2-8H,1H3,(H,16,17);2-6,14H,1H3/b;7-6+. The number of likely N-dealkylation sites (N-methyl/N-ethyl adjacent to an activating group) is 1. The van der Waals surface area contributed by atoms with Crippen LogP contribution >= 0.6 is 22.7 Å². The summed E-state index contributed by atoms with van der Waals surface area (Å²) in [5, 5.41) is 14.8. The number of carbonyl (C=O) groups is 1. The minimum absolute atomic E-state index is 0.0630. The predicted molar refractivity (Wildman–Crippen MR) is 148 cm³/mol. The smallest absolute Gasteiger partial charge is 0.290 e. The number of halogens is 1. The highest BCUT2D eigenvalue weighted by atomic mass is 32.2. The van der Waals surface area contributed by atoms with Gasteiger partial charge in [-0.05, 0) is 48.5 Å². The van der Waals surface area contributed by atoms with E-state index >= 15 is 0 Å². The Labute approximate surface area is 235 Å². The van der Waals surface area contributed by atoms with Crippen LogP contribution in [0.5, 0.6) is 11.7 Å². The van der Waals surface area contributed by atoms with Gasteiger partial charge in [0.15, 0.2) is 10.9 Å². The largest absolute Gasteiger partial charge is 0.513 e. The number of ketones is 1. The summed E-state index contributed by atoms with van der Waals surface area (Å²) in [4.78, 5) is 17.1. The summed E-state index contributed by atoms with van der Waals surface area (Å²) in [6.45, 7) is 0. The Morgan fingerprint density at radius 3 is 2.58 bits per heavy atom. The number of rotatable bonds is 5. The summed E-state index contributed by atoms with van der Waals surface area (Å²) in [5.74, 6) is 1.14. The number of sulfonamides is 1. The maximum absolute atomic E-state index is 12.8. The fourth-order valence-corrected chi connectivity index (χ4v) is 7.00. The highest BCUT2D eigenvalue weighted by Crippen LogP contribution is 2.40. The van der Waals surface area contributed by atoms with E-state index in [1.807, 2.05) is 12.4 Å². The number of hydrogen-bond acceptors (Lipinski definition) is 11. The molecule has 0 atom stereocenters. The monoisotopic (exact) mass is 601 g/mol. The highest BCUT2D eigenvalue weighted by Gasteiger charge is 2.39. The van der Waals surface area contributed by atoms with Gasteiger partial charge in [0.25, 0.3) is 16.0 Å². The van der Waals surface area contributed by atoms with Gasteiger partial charge >= 0.3 is 0 Å². The Morgan fingerprint density at radius 2 is 1.93 bits per heavy atom. The third-order valence-corrected chi connectivity index (χ3v) is 9.52. The lowest BCUT2D eigenvalue weighted by atomic mass is 10.2. The minimum Gasteiger partial charge on any atom is -0.513 e. The summed E-state index contributed by atoms with van der Waals surface area (Å²) in [6, 6.07) is 14.0. The first kappa shape index (κ1) is 27.2. The van der Waals surface area contributed by atoms with Crippen LogP contribution in [0.3, 0.4) is 0 Å². The number of thiazole rings is 1. The molecule has 0 saturated heterocycles. The van der Waals surface area contributed by atoms with Crippen molar-refractivity contribution in [2.24, 2.45) is 0 Å². The molecule has 1 aliphatic rings. The van der Waals surface area contributed by atoms with Gasteiger partial charge in [0.2, 0.25) is 5.78 Å². The zero-order valence-corrected chi connectivity index (χ0v) is 23.3. The van der Waals surface area contributed by atoms with Crippen molar-refractivity contribution in [1.29, 1.82) is 0 Å². The normalized spacial score (nSPS) is 14.9. The first-order valence-electron chi connectivity index (χ1n) is 11.4. The Morgan fingerprint density at radius 1 is 1.15 bits per heavy atom. The van der Waals surface area contributed by atoms with Crippen LogP contribution in [-0.2, 0) is 10.0 Å². The van der Waals surface area contributed by atoms with Gasteiger partial charge in [0.1, 0.15) is 39.9 Å². The van der Waals surface area contributed by atoms with E-state index in [0.717, 1.165) is 26.5 Å². The molecule has 1 aromatic carbocycles. The molecule has 206 valence electrons. The maximum atomic E-state index is 12.8. The molecule has 4 aromatic heterocycles. The van der Waals surface area contributed by atoms with Crippen LogP contribution in [0.4, 0.5) is 9.52 Å². The SMILES string of the molecule is CN1/C(=C/O)C(=O)c2sc(-c3ccco3)cc2S1(=O)=O.CNc1nc(-c2ccc(Oc3ccc(F)cc3)o2)cs1. The number of benzene rings is 1. The molecule has 0 saturated carbocycles. The number of thiophene rings is 1. The quantitative estimate of drug-likeness (QED) is 0.169. The van der Waals surface area contributed by atoms with Gasteiger partial charge in [0, 0.05) is 25.5 Å². The zero-order valence-electron chi connectivity index (χ0n) is 20.8. The van der Waals surface area contributed by atoms with E-state index in [-0.39, 0.29) is 21.3 Å². The fraction of sp³-hybridized carbons (Fsp3) is 0.0769. The van der Waals surface area contributed by atoms with Crippen LogP contribution in [0.1, 0.15) is 9.67 Å². The molecular weight excluding hydrogens is 581 g/mol. The molecule has 10 nitrogen and oxygen atoms in total. The molecule has 40 heavy (non-hydrogen) atoms. The second-order valence-corrected chi connectivity index (χ2v) is 11.9. The topological polar surface area (TPSA) is 135 Å². The van der Waals surface area contributed by atoms with Crippen LogP contribution in [0.15, 0.2) is 91.9 Å². The number of ether oxygens (including phenoxy) is 1. The van der Waals surface area contributed by atoms with Crippen molar-refractivity contribution >= 4 is 43.6 Å². The summed E-state index contributed by atoms with van der Waals surface area (Å²) in [5.41, 5.74) is 0.471. The number of allylic oxidation sites excluding steroid dienone is 1. The van der Waals surface area contributed by atoms with Crippen LogP contribution < -0.4 is 10.1 Å². The first-order chi connectivity index (χ1) is 19.2. The zero-order chi connectivity index (χ0) is 28.4. The molecule has 0 amide bonds. The van der Waals surface area contributed by atoms with Gasteiger partial charge in [0.05, 0.1) is 16.0 Å². The van der Waals surface area contributed by atoms with Crippen molar-refractivity contribution in [2.45, 2.75) is 4.90 Å². The molecule has 5 aromatic rings. The fourth-order valence-electron chi connectivity index (χ4n) is 3.57. The number of fused-ring (bicyclic) bond motifs is 1. The van der Waals surface area contributed by atoms with Crippen molar-refractivity contribution in [3.8, 4) is 33.8 Å². The van der Waals surface area contributed by atoms with Gasteiger partial charge in [-0.25, -0.2) is 17.8 Å². The number of furan rings is 2. The van der Waals surface area contributed by atoms with Crippen LogP contribution in [-0.4, -0.2) is 42.7 Å². The van der Waals surface area contributed by atoms with E-state index in [4.69, 9.17) is 18.7 Å². The lowest BCUT2D eigenvalue weighted by Gasteiger charge is -2.24. The van der Waals surface area contributed by atoms with Gasteiger partial charge in [-0.1, -0.05) is 0 Å². The third-order valence-electron chi connectivity index (χ3n) is 5.58. The van der Waals surface area contributed by atoms with Crippen molar-refractivity contribution in [2.75, 3.05) is 19.4 Å². The van der Waals surface area contributed by atoms with E-state index in [1.165, 1.54) is 42.8 Å². The second kappa shape index (κ2) is 11.0. The number of nitrogens with one attached hydrogen (secondary N) is 1. The number of aliphatic hydroxyl groups is 1. The second-order valence-electron chi connectivity index (χ2n) is 8.06. The summed E-state index contributed by atoms with van der Waals surface area (Å²) in [6.07, 6.45) is 1.98. The van der Waals surface area contributed by atoms with Crippen molar-refractivity contribution < 1.29 is 36.3 Å². The molecule has 2 N–H and O–H groups in total. The van der Waals surface area contributed by atoms with E-state index in [1.54, 1.807) is 36.4 Å². The van der Waals surface area contributed by atoms with Crippen molar-refractivity contribution in [3.05, 3.63) is 88.9 Å². The summed E-state index contributed by atoms with van der Waals surface area (Å²) >= 11 is 2.52. The number of aromatic nitrogens is 1. The van der Waals surface area contributed by atoms with Gasteiger partial charge in [-0.3, -0.25) is 9.10 Å². The lowest BCUT2D eigenvalue weighted by Crippen LogP contribution is -2.35. The number of carbonyl (C=O) groups excluding carboxylic acids is 1. The molecule has 5 heterocycles. The van der Waals surface area contributed by atoms with Crippen LogP contribution in [0.25, 0.3) is 22.1 Å². The molecule has 0 fully saturated rings. The van der Waals surface area contributed by atoms with E-state index in [2.05, 4.69) is 10.3 Å². The van der Waals surface area contributed by atoms with E-state index in [0.29, 0.717) is 34.4 Å². The Bertz CT molecular complexity index is 1790. The minimum atomic E-state index is -3.83. The highest BCUT2D eigenvalue weighted by molar-refractivity contribution is 7.89. The maximum Gasteiger partial charge on any atom is 0.290 e. The molecule has 0 bridgehead atoms. The predicted octanol–water partition coefficient (Wildman–Crippen LogP) is 6.60. The number of nitrogens with zero attached hydrogens (tertiary/aromatic N) is 2. The Kier molecular flexibility index (Phi) is 7.47. The number of Topliss-reactive ketones (excluding diaryl/α,β-unsaturated/α-hetero) is 1. The van der Waals surface area contributed by atoms with Gasteiger partial charge in [-0.15, -0.1) is 22.7 Å². The van der Waals surface area contributed by atoms with Crippen molar-refractivity contribution in [3.63, 3.8) is 0 Å². The van der Waals surface area contributed by atoms with E-state index in [9.17, 15) is 17.6 Å². The average Bonchev–Trinajstić information content (AvgIpc) is 3.76. The lowest BCUT2D eigenvalue weighted by molar-refractivity contribution is 0.100. The summed E-state index contributed by atoms with van der Waals surface area (Å²) in [7, 11) is -0.794. The number of aliphatic hydroxyl groups excluding tert-OH is 1. The molecular formula is C26H20FN3O7S3. The average molecular weight is 602 g/mol. The Hall–Kier alpha value is -4.40. The van der Waals surface area contributed by atoms with Crippen LogP contribution in [0, 0.1) is 5.82 Å². The molecule has 0 radical (unpaired) electrons. The molecule has 14 heteroatoms. The molecule has 0 aliphatic carbocycles. The third kappa shape index (κ3) is 5.23. The van der Waals surface area contributed by atoms with Crippen LogP contribution in [0.2, 0.25) is 0 Å². The first-order valence-corrected chi connectivity index (χ1v) is 14.6. The van der Waals surface area contributed by atoms with E-state index < -0.39 is 15.8 Å². The molecule has 6 rings (SSSR count). The summed E-state index contributed by atoms with van der Waals surface area (Å²) < 4.78 is 54.4. The molecule has 1 aliphatic heterocycles. The number of anilines is 1.